The Labute approximate surface area is 151 Å². The summed E-state index contributed by atoms with van der Waals surface area (Å²) in [5, 5.41) is 5.34. The van der Waals surface area contributed by atoms with E-state index in [0.29, 0.717) is 23.5 Å². The lowest BCUT2D eigenvalue weighted by Gasteiger charge is -2.19. The first-order valence-corrected chi connectivity index (χ1v) is 8.89. The number of ether oxygens (including phenoxy) is 2. The number of benzene rings is 1. The third-order valence-corrected chi connectivity index (χ3v) is 3.67. The van der Waals surface area contributed by atoms with Gasteiger partial charge < -0.3 is 20.1 Å². The Hall–Kier alpha value is -2.22. The lowest BCUT2D eigenvalue weighted by molar-refractivity contribution is -0.113. The van der Waals surface area contributed by atoms with Gasteiger partial charge in [0.25, 0.3) is 0 Å². The summed E-state index contributed by atoms with van der Waals surface area (Å²) in [5.41, 5.74) is 0.366. The largest absolute Gasteiger partial charge is 0.465 e. The van der Waals surface area contributed by atoms with Gasteiger partial charge in [-0.3, -0.25) is 4.79 Å². The van der Waals surface area contributed by atoms with Gasteiger partial charge in [0.1, 0.15) is 5.60 Å². The van der Waals surface area contributed by atoms with E-state index >= 15 is 0 Å². The van der Waals surface area contributed by atoms with Crippen LogP contribution < -0.4 is 10.6 Å². The number of thioether (sulfide) groups is 1. The van der Waals surface area contributed by atoms with Crippen LogP contribution in [0.25, 0.3) is 0 Å². The highest BCUT2D eigenvalue weighted by Gasteiger charge is 2.15. The summed E-state index contributed by atoms with van der Waals surface area (Å²) in [5.74, 6) is 0.163. The number of hydrogen-bond acceptors (Lipinski definition) is 6. The van der Waals surface area contributed by atoms with E-state index in [-0.39, 0.29) is 11.7 Å². The molecule has 0 saturated heterocycles. The van der Waals surface area contributed by atoms with Crippen LogP contribution in [0.4, 0.5) is 10.5 Å². The van der Waals surface area contributed by atoms with Gasteiger partial charge in [-0.05, 0) is 39.0 Å². The molecule has 0 spiro atoms. The third kappa shape index (κ3) is 8.99. The number of nitrogens with one attached hydrogen (secondary N) is 2. The topological polar surface area (TPSA) is 93.7 Å². The van der Waals surface area contributed by atoms with Crippen molar-refractivity contribution < 1.29 is 23.9 Å². The minimum atomic E-state index is -0.532. The number of anilines is 1. The number of alkyl carbamates (subject to hydrolysis) is 1. The lowest BCUT2D eigenvalue weighted by Crippen LogP contribution is -2.33. The average molecular weight is 368 g/mol. The van der Waals surface area contributed by atoms with Gasteiger partial charge in [0.15, 0.2) is 0 Å². The van der Waals surface area contributed by atoms with Crippen molar-refractivity contribution in [2.45, 2.75) is 26.4 Å². The van der Waals surface area contributed by atoms with E-state index in [2.05, 4.69) is 15.4 Å². The van der Waals surface area contributed by atoms with Gasteiger partial charge in [-0.1, -0.05) is 6.07 Å². The highest BCUT2D eigenvalue weighted by atomic mass is 32.2. The molecule has 0 bridgehead atoms. The van der Waals surface area contributed by atoms with E-state index in [1.165, 1.54) is 18.9 Å². The second-order valence-corrected chi connectivity index (χ2v) is 7.21. The zero-order valence-corrected chi connectivity index (χ0v) is 15.7. The maximum absolute atomic E-state index is 11.9. The number of carbonyl (C=O) groups is 3. The maximum atomic E-state index is 11.9. The molecule has 1 rings (SSSR count). The summed E-state index contributed by atoms with van der Waals surface area (Å²) < 4.78 is 9.74. The predicted molar refractivity (Wildman–Crippen MR) is 98.0 cm³/mol. The minimum Gasteiger partial charge on any atom is -0.465 e. The molecule has 2 N–H and O–H groups in total. The molecule has 0 radical (unpaired) electrons. The van der Waals surface area contributed by atoms with Crippen molar-refractivity contribution in [2.75, 3.05) is 30.5 Å². The van der Waals surface area contributed by atoms with E-state index in [1.54, 1.807) is 45.0 Å². The number of methoxy groups -OCH3 is 1. The molecule has 2 amide bonds. The number of esters is 1. The quantitative estimate of drug-likeness (QED) is 0.568. The number of hydrogen-bond donors (Lipinski definition) is 2. The number of amides is 2. The van der Waals surface area contributed by atoms with Gasteiger partial charge in [-0.25, -0.2) is 9.59 Å². The van der Waals surface area contributed by atoms with Gasteiger partial charge >= 0.3 is 12.1 Å². The lowest BCUT2D eigenvalue weighted by atomic mass is 10.2. The molecule has 7 nitrogen and oxygen atoms in total. The summed E-state index contributed by atoms with van der Waals surface area (Å²) in [6, 6.07) is 6.52. The van der Waals surface area contributed by atoms with E-state index in [1.807, 2.05) is 0 Å². The molecule has 0 aromatic heterocycles. The van der Waals surface area contributed by atoms with Crippen molar-refractivity contribution >= 4 is 35.4 Å². The smallest absolute Gasteiger partial charge is 0.407 e. The Morgan fingerprint density at radius 3 is 2.56 bits per heavy atom. The molecule has 0 fully saturated rings. The van der Waals surface area contributed by atoms with E-state index in [9.17, 15) is 14.4 Å². The molecule has 0 atom stereocenters. The second kappa shape index (κ2) is 9.93. The fraction of sp³-hybridized carbons (Fsp3) is 0.471. The van der Waals surface area contributed by atoms with Crippen molar-refractivity contribution in [3.8, 4) is 0 Å². The molecular formula is C17H24N2O5S. The Balaban J connectivity index is 2.27. The fourth-order valence-electron chi connectivity index (χ4n) is 1.74. The molecule has 0 aliphatic carbocycles. The van der Waals surface area contributed by atoms with E-state index in [0.717, 1.165) is 0 Å². The molecule has 1 aromatic rings. The maximum Gasteiger partial charge on any atom is 0.407 e. The van der Waals surface area contributed by atoms with Crippen LogP contribution in [0.15, 0.2) is 24.3 Å². The zero-order valence-electron chi connectivity index (χ0n) is 14.9. The summed E-state index contributed by atoms with van der Waals surface area (Å²) in [7, 11) is 1.30. The molecule has 0 aliphatic rings. The Kier molecular flexibility index (Phi) is 8.27. The highest BCUT2D eigenvalue weighted by Crippen LogP contribution is 2.12. The summed E-state index contributed by atoms with van der Waals surface area (Å²) in [4.78, 5) is 34.8. The second-order valence-electron chi connectivity index (χ2n) is 6.10. The van der Waals surface area contributed by atoms with Crippen molar-refractivity contribution in [1.29, 1.82) is 0 Å². The molecule has 8 heteroatoms. The molecular weight excluding hydrogens is 344 g/mol. The highest BCUT2D eigenvalue weighted by molar-refractivity contribution is 7.99. The number of carbonyl (C=O) groups excluding carboxylic acids is 3. The van der Waals surface area contributed by atoms with Crippen LogP contribution in [0.2, 0.25) is 0 Å². The van der Waals surface area contributed by atoms with Crippen LogP contribution in [-0.2, 0) is 14.3 Å². The van der Waals surface area contributed by atoms with E-state index in [4.69, 9.17) is 4.74 Å². The van der Waals surface area contributed by atoms with Gasteiger partial charge in [0, 0.05) is 18.0 Å². The fourth-order valence-corrected chi connectivity index (χ4v) is 2.39. The molecule has 0 unspecified atom stereocenters. The molecule has 1 aromatic carbocycles. The van der Waals surface area contributed by atoms with Crippen LogP contribution >= 0.6 is 11.8 Å². The third-order valence-electron chi connectivity index (χ3n) is 2.72. The van der Waals surface area contributed by atoms with Gasteiger partial charge in [-0.2, -0.15) is 11.8 Å². The molecule has 0 saturated carbocycles. The normalized spacial score (nSPS) is 10.7. The Morgan fingerprint density at radius 2 is 1.92 bits per heavy atom. The van der Waals surface area contributed by atoms with Crippen molar-refractivity contribution in [2.24, 2.45) is 0 Å². The van der Waals surface area contributed by atoms with Crippen molar-refractivity contribution in [1.82, 2.24) is 5.32 Å². The van der Waals surface area contributed by atoms with Crippen molar-refractivity contribution in [3.05, 3.63) is 29.8 Å². The zero-order chi connectivity index (χ0) is 18.9. The summed E-state index contributed by atoms with van der Waals surface area (Å²) >= 11 is 1.38. The van der Waals surface area contributed by atoms with Gasteiger partial charge in [0.05, 0.1) is 18.4 Å². The standard InChI is InChI=1S/C17H24N2O5S/c1-17(2,3)24-16(22)18-8-9-25-11-14(20)19-13-7-5-6-12(10-13)15(21)23-4/h5-7,10H,8-9,11H2,1-4H3,(H,18,22)(H,19,20). The Bertz CT molecular complexity index is 613. The average Bonchev–Trinajstić information content (AvgIpc) is 2.52. The molecule has 0 aliphatic heterocycles. The Morgan fingerprint density at radius 1 is 1.20 bits per heavy atom. The van der Waals surface area contributed by atoms with Crippen LogP contribution in [0, 0.1) is 0 Å². The van der Waals surface area contributed by atoms with Crippen LogP contribution in [0.5, 0.6) is 0 Å². The molecule has 0 heterocycles. The van der Waals surface area contributed by atoms with Gasteiger partial charge in [-0.15, -0.1) is 0 Å². The monoisotopic (exact) mass is 368 g/mol. The number of rotatable bonds is 7. The minimum absolute atomic E-state index is 0.190. The van der Waals surface area contributed by atoms with Crippen LogP contribution in [0.3, 0.4) is 0 Å². The SMILES string of the molecule is COC(=O)c1cccc(NC(=O)CSCCNC(=O)OC(C)(C)C)c1. The van der Waals surface area contributed by atoms with Crippen LogP contribution in [0.1, 0.15) is 31.1 Å². The summed E-state index contributed by atoms with van der Waals surface area (Å²) in [6.07, 6.45) is -0.475. The molecule has 25 heavy (non-hydrogen) atoms. The van der Waals surface area contributed by atoms with Crippen LogP contribution in [-0.4, -0.2) is 48.7 Å². The van der Waals surface area contributed by atoms with Gasteiger partial charge in [0.2, 0.25) is 5.91 Å². The summed E-state index contributed by atoms with van der Waals surface area (Å²) in [6.45, 7) is 5.78. The predicted octanol–water partition coefficient (Wildman–Crippen LogP) is 2.67. The van der Waals surface area contributed by atoms with E-state index < -0.39 is 17.7 Å². The molecule has 138 valence electrons. The first-order chi connectivity index (χ1) is 11.7. The van der Waals surface area contributed by atoms with Crippen molar-refractivity contribution in [3.63, 3.8) is 0 Å². The first-order valence-electron chi connectivity index (χ1n) is 7.74. The first kappa shape index (κ1) is 20.8.